The number of nitrogens with one attached hydrogen (secondary N) is 2. The lowest BCUT2D eigenvalue weighted by molar-refractivity contribution is 0.0961. The Hall–Kier alpha value is -2.47. The highest BCUT2D eigenvalue weighted by Crippen LogP contribution is 2.23. The van der Waals surface area contributed by atoms with Crippen molar-refractivity contribution in [2.24, 2.45) is 0 Å². The third-order valence-electron chi connectivity index (χ3n) is 2.65. The van der Waals surface area contributed by atoms with Crippen molar-refractivity contribution in [3.63, 3.8) is 0 Å². The topological polar surface area (TPSA) is 71.1 Å². The van der Waals surface area contributed by atoms with Crippen LogP contribution >= 0.6 is 11.6 Å². The van der Waals surface area contributed by atoms with Gasteiger partial charge < -0.3 is 10.6 Å². The van der Waals surface area contributed by atoms with Crippen LogP contribution in [0.1, 0.15) is 20.8 Å². The largest absolute Gasteiger partial charge is 0.355 e. The molecule has 1 aromatic heterocycles. The molecule has 1 aromatic carbocycles. The van der Waals surface area contributed by atoms with Crippen LogP contribution in [0.5, 0.6) is 0 Å². The van der Waals surface area contributed by atoms with Gasteiger partial charge in [0, 0.05) is 12.6 Å². The number of nitrogens with zero attached hydrogens (tertiary/aromatic N) is 1. The Balaban J connectivity index is 2.26. The number of anilines is 1. The summed E-state index contributed by atoms with van der Waals surface area (Å²) in [6.07, 6.45) is 0. The third kappa shape index (κ3) is 3.55. The van der Waals surface area contributed by atoms with E-state index in [-0.39, 0.29) is 22.3 Å². The first kappa shape index (κ1) is 14.9. The van der Waals surface area contributed by atoms with Gasteiger partial charge in [0.25, 0.3) is 11.8 Å². The van der Waals surface area contributed by atoms with Crippen molar-refractivity contribution in [3.05, 3.63) is 58.6 Å². The first-order chi connectivity index (χ1) is 10.0. The lowest BCUT2D eigenvalue weighted by Gasteiger charge is -2.09. The Morgan fingerprint density at radius 3 is 2.62 bits per heavy atom. The first-order valence-electron chi connectivity index (χ1n) is 5.97. The van der Waals surface area contributed by atoms with Gasteiger partial charge in [-0.1, -0.05) is 17.7 Å². The van der Waals surface area contributed by atoms with E-state index in [1.54, 1.807) is 0 Å². The van der Waals surface area contributed by atoms with E-state index in [4.69, 9.17) is 11.6 Å². The zero-order chi connectivity index (χ0) is 15.4. The monoisotopic (exact) mass is 307 g/mol. The summed E-state index contributed by atoms with van der Waals surface area (Å²) in [4.78, 5) is 27.0. The Bertz CT molecular complexity index is 706. The van der Waals surface area contributed by atoms with Crippen molar-refractivity contribution in [1.29, 1.82) is 0 Å². The fourth-order valence-corrected chi connectivity index (χ4v) is 1.79. The van der Waals surface area contributed by atoms with Gasteiger partial charge in [-0.3, -0.25) is 9.59 Å². The van der Waals surface area contributed by atoms with Crippen molar-refractivity contribution in [1.82, 2.24) is 10.3 Å². The fraction of sp³-hybridized carbons (Fsp3) is 0.0714. The zero-order valence-corrected chi connectivity index (χ0v) is 11.7. The SMILES string of the molecule is CNC(=O)c1ccc(Cl)c(NC(=O)c2cccc(F)n2)c1. The van der Waals surface area contributed by atoms with E-state index < -0.39 is 11.9 Å². The van der Waals surface area contributed by atoms with Gasteiger partial charge in [0.15, 0.2) is 0 Å². The van der Waals surface area contributed by atoms with Crippen LogP contribution in [-0.4, -0.2) is 23.8 Å². The maximum Gasteiger partial charge on any atom is 0.274 e. The highest BCUT2D eigenvalue weighted by Gasteiger charge is 2.13. The molecule has 0 saturated carbocycles. The van der Waals surface area contributed by atoms with Gasteiger partial charge in [-0.25, -0.2) is 4.98 Å². The lowest BCUT2D eigenvalue weighted by atomic mass is 10.2. The zero-order valence-electron chi connectivity index (χ0n) is 11.0. The van der Waals surface area contributed by atoms with Crippen molar-refractivity contribution >= 4 is 29.1 Å². The van der Waals surface area contributed by atoms with Gasteiger partial charge in [0.1, 0.15) is 5.69 Å². The standard InChI is InChI=1S/C14H11ClFN3O2/c1-17-13(20)8-5-6-9(15)11(7-8)19-14(21)10-3-2-4-12(16)18-10/h2-7H,1H3,(H,17,20)(H,19,21). The number of aromatic nitrogens is 1. The second-order valence-corrected chi connectivity index (χ2v) is 4.48. The number of amides is 2. The molecule has 0 aliphatic carbocycles. The summed E-state index contributed by atoms with van der Waals surface area (Å²) in [5, 5.41) is 5.21. The van der Waals surface area contributed by atoms with Gasteiger partial charge in [-0.05, 0) is 30.3 Å². The summed E-state index contributed by atoms with van der Waals surface area (Å²) in [6, 6.07) is 8.32. The van der Waals surface area contributed by atoms with Crippen LogP contribution < -0.4 is 10.6 Å². The number of benzene rings is 1. The van der Waals surface area contributed by atoms with Gasteiger partial charge in [0.05, 0.1) is 10.7 Å². The summed E-state index contributed by atoms with van der Waals surface area (Å²) < 4.78 is 13.0. The summed E-state index contributed by atoms with van der Waals surface area (Å²) >= 11 is 5.97. The van der Waals surface area contributed by atoms with Crippen LogP contribution in [0, 0.1) is 5.95 Å². The molecule has 21 heavy (non-hydrogen) atoms. The molecule has 0 aliphatic heterocycles. The van der Waals surface area contributed by atoms with Gasteiger partial charge >= 0.3 is 0 Å². The summed E-state index contributed by atoms with van der Waals surface area (Å²) in [5.74, 6) is -1.69. The van der Waals surface area contributed by atoms with Crippen LogP contribution in [0.2, 0.25) is 5.02 Å². The molecule has 2 rings (SSSR count). The fourth-order valence-electron chi connectivity index (χ4n) is 1.63. The Morgan fingerprint density at radius 1 is 1.19 bits per heavy atom. The molecule has 2 amide bonds. The molecule has 0 atom stereocenters. The molecule has 0 radical (unpaired) electrons. The third-order valence-corrected chi connectivity index (χ3v) is 2.98. The number of halogens is 2. The van der Waals surface area contributed by atoms with Crippen LogP contribution in [-0.2, 0) is 0 Å². The van der Waals surface area contributed by atoms with Gasteiger partial charge in [-0.2, -0.15) is 4.39 Å². The average molecular weight is 308 g/mol. The number of rotatable bonds is 3. The van der Waals surface area contributed by atoms with Gasteiger partial charge in [0.2, 0.25) is 5.95 Å². The second-order valence-electron chi connectivity index (χ2n) is 4.07. The molecule has 2 aromatic rings. The minimum Gasteiger partial charge on any atom is -0.355 e. The maximum atomic E-state index is 13.0. The van der Waals surface area contributed by atoms with E-state index in [9.17, 15) is 14.0 Å². The molecule has 0 spiro atoms. The number of hydrogen-bond donors (Lipinski definition) is 2. The molecule has 108 valence electrons. The highest BCUT2D eigenvalue weighted by molar-refractivity contribution is 6.34. The van der Waals surface area contributed by atoms with Crippen LogP contribution in [0.25, 0.3) is 0 Å². The molecule has 0 bridgehead atoms. The molecular formula is C14H11ClFN3O2. The Kier molecular flexibility index (Phi) is 4.49. The molecule has 0 unspecified atom stereocenters. The molecule has 2 N–H and O–H groups in total. The number of pyridine rings is 1. The predicted octanol–water partition coefficient (Wildman–Crippen LogP) is 2.49. The average Bonchev–Trinajstić information content (AvgIpc) is 2.48. The van der Waals surface area contributed by atoms with Crippen molar-refractivity contribution in [2.75, 3.05) is 12.4 Å². The molecular weight excluding hydrogens is 297 g/mol. The summed E-state index contributed by atoms with van der Waals surface area (Å²) in [7, 11) is 1.49. The molecule has 5 nitrogen and oxygen atoms in total. The molecule has 0 fully saturated rings. The normalized spacial score (nSPS) is 10.0. The number of carbonyl (C=O) groups excluding carboxylic acids is 2. The van der Waals surface area contributed by atoms with Crippen molar-refractivity contribution in [3.8, 4) is 0 Å². The van der Waals surface area contributed by atoms with Crippen LogP contribution in [0.3, 0.4) is 0 Å². The van der Waals surface area contributed by atoms with E-state index in [0.717, 1.165) is 6.07 Å². The summed E-state index contributed by atoms with van der Waals surface area (Å²) in [5.41, 5.74) is 0.495. The quantitative estimate of drug-likeness (QED) is 0.856. The van der Waals surface area contributed by atoms with Crippen molar-refractivity contribution in [2.45, 2.75) is 0 Å². The van der Waals surface area contributed by atoms with Crippen molar-refractivity contribution < 1.29 is 14.0 Å². The van der Waals surface area contributed by atoms with E-state index >= 15 is 0 Å². The van der Waals surface area contributed by atoms with Crippen LogP contribution in [0.15, 0.2) is 36.4 Å². The van der Waals surface area contributed by atoms with E-state index in [0.29, 0.717) is 5.56 Å². The smallest absolute Gasteiger partial charge is 0.274 e. The highest BCUT2D eigenvalue weighted by atomic mass is 35.5. The molecule has 7 heteroatoms. The Morgan fingerprint density at radius 2 is 1.95 bits per heavy atom. The van der Waals surface area contributed by atoms with Crippen LogP contribution in [0.4, 0.5) is 10.1 Å². The molecule has 0 saturated heterocycles. The lowest BCUT2D eigenvalue weighted by Crippen LogP contribution is -2.19. The minimum atomic E-state index is -0.757. The van der Waals surface area contributed by atoms with E-state index in [1.165, 1.54) is 37.4 Å². The van der Waals surface area contributed by atoms with E-state index in [2.05, 4.69) is 15.6 Å². The first-order valence-corrected chi connectivity index (χ1v) is 6.34. The molecule has 1 heterocycles. The van der Waals surface area contributed by atoms with Gasteiger partial charge in [-0.15, -0.1) is 0 Å². The maximum absolute atomic E-state index is 13.0. The summed E-state index contributed by atoms with van der Waals surface area (Å²) in [6.45, 7) is 0. The Labute approximate surface area is 125 Å². The minimum absolute atomic E-state index is 0.0867. The number of hydrogen-bond acceptors (Lipinski definition) is 3. The van der Waals surface area contributed by atoms with E-state index in [1.807, 2.05) is 0 Å². The number of carbonyl (C=O) groups is 2. The second kappa shape index (κ2) is 6.32. The predicted molar refractivity (Wildman–Crippen MR) is 77.0 cm³/mol. The molecule has 0 aliphatic rings.